The van der Waals surface area contributed by atoms with Crippen molar-refractivity contribution in [1.29, 1.82) is 0 Å². The molecule has 0 spiro atoms. The highest BCUT2D eigenvalue weighted by molar-refractivity contribution is 7.99. The zero-order chi connectivity index (χ0) is 17.4. The van der Waals surface area contributed by atoms with Crippen molar-refractivity contribution in [2.75, 3.05) is 5.75 Å². The number of hydrogen-bond acceptors (Lipinski definition) is 4. The van der Waals surface area contributed by atoms with Gasteiger partial charge in [0.2, 0.25) is 5.91 Å². The van der Waals surface area contributed by atoms with Crippen LogP contribution in [0.25, 0.3) is 0 Å². The van der Waals surface area contributed by atoms with Crippen molar-refractivity contribution in [2.24, 2.45) is 23.2 Å². The van der Waals surface area contributed by atoms with Gasteiger partial charge >= 0.3 is 5.97 Å². The number of amides is 1. The summed E-state index contributed by atoms with van der Waals surface area (Å²) in [4.78, 5) is 36.9. The Morgan fingerprint density at radius 2 is 2.09 bits per heavy atom. The summed E-state index contributed by atoms with van der Waals surface area (Å²) in [5, 5.41) is 12.6. The number of carboxylic acids is 1. The molecule has 0 bridgehead atoms. The van der Waals surface area contributed by atoms with Gasteiger partial charge in [-0.25, -0.2) is 0 Å². The maximum atomic E-state index is 13.0. The molecule has 2 unspecified atom stereocenters. The summed E-state index contributed by atoms with van der Waals surface area (Å²) >= 11 is 1.69. The average Bonchev–Trinajstić information content (AvgIpc) is 2.66. The van der Waals surface area contributed by atoms with Gasteiger partial charge in [0, 0.05) is 17.1 Å². The van der Waals surface area contributed by atoms with Gasteiger partial charge in [-0.3, -0.25) is 14.4 Å². The number of rotatable bonds is 4. The van der Waals surface area contributed by atoms with E-state index in [9.17, 15) is 19.5 Å². The van der Waals surface area contributed by atoms with E-state index in [2.05, 4.69) is 5.32 Å². The third-order valence-electron chi connectivity index (χ3n) is 5.38. The molecule has 1 saturated carbocycles. The quantitative estimate of drug-likeness (QED) is 0.820. The number of carboxylic acid groups (broad SMARTS) is 1. The summed E-state index contributed by atoms with van der Waals surface area (Å²) in [6.07, 6.45) is 2.04. The minimum atomic E-state index is -0.898. The molecular formula is C17H27NO4S. The van der Waals surface area contributed by atoms with E-state index in [0.717, 1.165) is 18.6 Å². The minimum Gasteiger partial charge on any atom is -0.481 e. The summed E-state index contributed by atoms with van der Waals surface area (Å²) in [6.45, 7) is 7.64. The van der Waals surface area contributed by atoms with E-state index in [-0.39, 0.29) is 22.9 Å². The lowest BCUT2D eigenvalue weighted by Gasteiger charge is -2.28. The topological polar surface area (TPSA) is 83.5 Å². The molecule has 2 fully saturated rings. The Morgan fingerprint density at radius 1 is 1.43 bits per heavy atom. The molecule has 2 N–H and O–H groups in total. The molecule has 6 heteroatoms. The number of carbonyl (C=O) groups is 3. The van der Waals surface area contributed by atoms with Gasteiger partial charge < -0.3 is 10.4 Å². The maximum Gasteiger partial charge on any atom is 0.307 e. The number of Topliss-reactive ketones (excluding diaryl/α,β-unsaturated/α-hetero) is 1. The molecule has 0 radical (unpaired) electrons. The van der Waals surface area contributed by atoms with Crippen LogP contribution in [-0.4, -0.2) is 39.8 Å². The highest BCUT2D eigenvalue weighted by Crippen LogP contribution is 2.52. The van der Waals surface area contributed by atoms with E-state index in [4.69, 9.17) is 0 Å². The van der Waals surface area contributed by atoms with Gasteiger partial charge in [0.15, 0.2) is 5.78 Å². The normalized spacial score (nSPS) is 34.3. The largest absolute Gasteiger partial charge is 0.481 e. The predicted molar refractivity (Wildman–Crippen MR) is 90.3 cm³/mol. The Bertz CT molecular complexity index is 505. The van der Waals surface area contributed by atoms with Gasteiger partial charge in [0.25, 0.3) is 0 Å². The van der Waals surface area contributed by atoms with E-state index in [1.54, 1.807) is 11.8 Å². The number of fused-ring (bicyclic) bond motifs is 1. The van der Waals surface area contributed by atoms with Gasteiger partial charge in [-0.15, -0.1) is 0 Å². The van der Waals surface area contributed by atoms with Crippen molar-refractivity contribution in [3.63, 3.8) is 0 Å². The van der Waals surface area contributed by atoms with Crippen molar-refractivity contribution >= 4 is 29.4 Å². The predicted octanol–water partition coefficient (Wildman–Crippen LogP) is 2.34. The fourth-order valence-corrected chi connectivity index (χ4v) is 5.55. The first kappa shape index (κ1) is 18.3. The highest BCUT2D eigenvalue weighted by Gasteiger charge is 2.56. The molecule has 2 aliphatic rings. The van der Waals surface area contributed by atoms with Crippen LogP contribution < -0.4 is 5.32 Å². The van der Waals surface area contributed by atoms with Crippen LogP contribution in [0.5, 0.6) is 0 Å². The molecule has 0 aromatic heterocycles. The van der Waals surface area contributed by atoms with Gasteiger partial charge in [-0.2, -0.15) is 11.8 Å². The Balaban J connectivity index is 2.23. The van der Waals surface area contributed by atoms with Crippen molar-refractivity contribution in [3.8, 4) is 0 Å². The van der Waals surface area contributed by atoms with Crippen LogP contribution in [-0.2, 0) is 14.4 Å². The van der Waals surface area contributed by atoms with E-state index in [1.807, 2.05) is 27.7 Å². The molecule has 0 aromatic carbocycles. The Kier molecular flexibility index (Phi) is 5.44. The standard InChI is InChI=1S/C17H27NO4S/c1-5-9(2)15(20)18-10-6-7-23-11-8-17(3,4)13(16(21)22)12(11)14(10)19/h9-13H,5-8H2,1-4H3,(H,18,20)(H,21,22)/t9-,10+,11+,12?,13?/m1/s1. The second kappa shape index (κ2) is 6.83. The lowest BCUT2D eigenvalue weighted by atomic mass is 9.76. The second-order valence-electron chi connectivity index (χ2n) is 7.51. The summed E-state index contributed by atoms with van der Waals surface area (Å²) in [5.74, 6) is -1.63. The molecule has 23 heavy (non-hydrogen) atoms. The van der Waals surface area contributed by atoms with Gasteiger partial charge in [-0.1, -0.05) is 27.7 Å². The average molecular weight is 341 g/mol. The minimum absolute atomic E-state index is 0.0455. The van der Waals surface area contributed by atoms with Crippen LogP contribution in [0.15, 0.2) is 0 Å². The van der Waals surface area contributed by atoms with E-state index in [1.165, 1.54) is 0 Å². The second-order valence-corrected chi connectivity index (χ2v) is 8.85. The molecule has 1 aliphatic carbocycles. The van der Waals surface area contributed by atoms with Gasteiger partial charge in [0.05, 0.1) is 12.0 Å². The van der Waals surface area contributed by atoms with Crippen LogP contribution in [0.4, 0.5) is 0 Å². The van der Waals surface area contributed by atoms with Crippen molar-refractivity contribution < 1.29 is 19.5 Å². The maximum absolute atomic E-state index is 13.0. The molecule has 1 saturated heterocycles. The van der Waals surface area contributed by atoms with Crippen LogP contribution >= 0.6 is 11.8 Å². The first-order valence-electron chi connectivity index (χ1n) is 8.37. The molecule has 0 aromatic rings. The molecule has 2 rings (SSSR count). The molecular weight excluding hydrogens is 314 g/mol. The SMILES string of the molecule is CC[C@@H](C)C(=O)N[C@H]1CCS[C@H]2CC(C)(C)C(C(=O)O)C2C1=O. The van der Waals surface area contributed by atoms with Crippen LogP contribution in [0, 0.1) is 23.2 Å². The Morgan fingerprint density at radius 3 is 2.65 bits per heavy atom. The third kappa shape index (κ3) is 3.57. The van der Waals surface area contributed by atoms with E-state index < -0.39 is 29.3 Å². The van der Waals surface area contributed by atoms with Crippen LogP contribution in [0.3, 0.4) is 0 Å². The van der Waals surface area contributed by atoms with Gasteiger partial charge in [-0.05, 0) is 30.4 Å². The first-order chi connectivity index (χ1) is 10.7. The number of hydrogen-bond donors (Lipinski definition) is 2. The molecule has 5 atom stereocenters. The number of carbonyl (C=O) groups excluding carboxylic acids is 2. The number of thioether (sulfide) groups is 1. The lowest BCUT2D eigenvalue weighted by Crippen LogP contribution is -2.48. The summed E-state index contributed by atoms with van der Waals surface area (Å²) in [5.41, 5.74) is -0.396. The van der Waals surface area contributed by atoms with E-state index >= 15 is 0 Å². The monoisotopic (exact) mass is 341 g/mol. The van der Waals surface area contributed by atoms with Crippen molar-refractivity contribution in [3.05, 3.63) is 0 Å². The summed E-state index contributed by atoms with van der Waals surface area (Å²) in [6, 6.07) is -0.547. The molecule has 130 valence electrons. The van der Waals surface area contributed by atoms with Crippen molar-refractivity contribution in [1.82, 2.24) is 5.32 Å². The Labute approximate surface area is 142 Å². The Hall–Kier alpha value is -1.04. The van der Waals surface area contributed by atoms with Crippen LogP contribution in [0.1, 0.15) is 47.0 Å². The number of ketones is 1. The van der Waals surface area contributed by atoms with Crippen LogP contribution in [0.2, 0.25) is 0 Å². The lowest BCUT2D eigenvalue weighted by molar-refractivity contribution is -0.149. The van der Waals surface area contributed by atoms with E-state index in [0.29, 0.717) is 6.42 Å². The highest BCUT2D eigenvalue weighted by atomic mass is 32.2. The smallest absolute Gasteiger partial charge is 0.307 e. The molecule has 1 amide bonds. The molecule has 1 heterocycles. The van der Waals surface area contributed by atoms with Gasteiger partial charge in [0.1, 0.15) is 0 Å². The number of aliphatic carboxylic acids is 1. The molecule has 1 aliphatic heterocycles. The summed E-state index contributed by atoms with van der Waals surface area (Å²) < 4.78 is 0. The summed E-state index contributed by atoms with van der Waals surface area (Å²) in [7, 11) is 0. The zero-order valence-corrected chi connectivity index (χ0v) is 15.1. The molecule has 5 nitrogen and oxygen atoms in total. The number of nitrogens with one attached hydrogen (secondary N) is 1. The zero-order valence-electron chi connectivity index (χ0n) is 14.3. The fourth-order valence-electron chi connectivity index (χ4n) is 3.83. The first-order valence-corrected chi connectivity index (χ1v) is 9.42. The fraction of sp³-hybridized carbons (Fsp3) is 0.824. The third-order valence-corrected chi connectivity index (χ3v) is 6.74. The van der Waals surface area contributed by atoms with Crippen molar-refractivity contribution in [2.45, 2.75) is 58.2 Å².